The predicted molar refractivity (Wildman–Crippen MR) is 70.4 cm³/mol. The highest BCUT2D eigenvalue weighted by molar-refractivity contribution is 7.89. The third-order valence-corrected chi connectivity index (χ3v) is 5.64. The van der Waals surface area contributed by atoms with Crippen molar-refractivity contribution in [2.75, 3.05) is 12.9 Å². The summed E-state index contributed by atoms with van der Waals surface area (Å²) >= 11 is 5.69. The molecule has 0 aromatic carbocycles. The van der Waals surface area contributed by atoms with E-state index in [4.69, 9.17) is 11.6 Å². The molecule has 1 aliphatic rings. The van der Waals surface area contributed by atoms with Gasteiger partial charge in [0.25, 0.3) is 0 Å². The van der Waals surface area contributed by atoms with Gasteiger partial charge in [-0.2, -0.15) is 9.40 Å². The molecule has 7 heteroatoms. The number of hydrogen-bond donors (Lipinski definition) is 0. The largest absolute Gasteiger partial charge is 0.267 e. The van der Waals surface area contributed by atoms with E-state index in [2.05, 4.69) is 5.10 Å². The van der Waals surface area contributed by atoms with Gasteiger partial charge < -0.3 is 0 Å². The lowest BCUT2D eigenvalue weighted by molar-refractivity contribution is 0.463. The van der Waals surface area contributed by atoms with Gasteiger partial charge in [0.1, 0.15) is 4.90 Å². The van der Waals surface area contributed by atoms with Crippen LogP contribution < -0.4 is 0 Å². The van der Waals surface area contributed by atoms with Crippen LogP contribution in [0.1, 0.15) is 24.2 Å². The van der Waals surface area contributed by atoms with Crippen LogP contribution in [0.15, 0.2) is 4.90 Å². The van der Waals surface area contributed by atoms with E-state index in [1.54, 1.807) is 25.6 Å². The van der Waals surface area contributed by atoms with Gasteiger partial charge in [0.2, 0.25) is 10.0 Å². The van der Waals surface area contributed by atoms with Gasteiger partial charge in [0, 0.05) is 19.0 Å². The zero-order chi connectivity index (χ0) is 13.5. The minimum atomic E-state index is -3.43. The maximum Gasteiger partial charge on any atom is 0.246 e. The maximum absolute atomic E-state index is 12.5. The van der Waals surface area contributed by atoms with E-state index in [0.29, 0.717) is 28.7 Å². The Morgan fingerprint density at radius 1 is 1.44 bits per heavy atom. The Labute approximate surface area is 113 Å². The topological polar surface area (TPSA) is 55.2 Å². The summed E-state index contributed by atoms with van der Waals surface area (Å²) in [6.07, 6.45) is 1.90. The van der Waals surface area contributed by atoms with Gasteiger partial charge in [-0.3, -0.25) is 4.68 Å². The molecule has 1 saturated carbocycles. The molecule has 102 valence electrons. The van der Waals surface area contributed by atoms with Gasteiger partial charge in [-0.25, -0.2) is 8.42 Å². The third kappa shape index (κ3) is 2.29. The summed E-state index contributed by atoms with van der Waals surface area (Å²) in [6.45, 7) is 4.03. The summed E-state index contributed by atoms with van der Waals surface area (Å²) < 4.78 is 28.2. The van der Waals surface area contributed by atoms with Gasteiger partial charge >= 0.3 is 0 Å². The van der Waals surface area contributed by atoms with Crippen molar-refractivity contribution in [2.45, 2.75) is 44.2 Å². The molecule has 1 aromatic rings. The number of aromatic nitrogens is 2. The fourth-order valence-electron chi connectivity index (χ4n) is 2.13. The van der Waals surface area contributed by atoms with Crippen LogP contribution in [-0.4, -0.2) is 41.5 Å². The number of nitrogens with zero attached hydrogens (tertiary/aromatic N) is 3. The lowest BCUT2D eigenvalue weighted by atomic mass is 10.4. The fraction of sp³-hybridized carbons (Fsp3) is 0.727. The van der Waals surface area contributed by atoms with Crippen LogP contribution in [0.4, 0.5) is 0 Å². The lowest BCUT2D eigenvalue weighted by Crippen LogP contribution is -2.29. The number of rotatable bonds is 5. The Kier molecular flexibility index (Phi) is 3.71. The first-order valence-electron chi connectivity index (χ1n) is 5.97. The first-order chi connectivity index (χ1) is 8.39. The Morgan fingerprint density at radius 2 is 2.06 bits per heavy atom. The molecular formula is C11H18ClN3O2S. The van der Waals surface area contributed by atoms with Crippen LogP contribution in [0.3, 0.4) is 0 Å². The van der Waals surface area contributed by atoms with E-state index in [1.807, 2.05) is 0 Å². The Balaban J connectivity index is 2.43. The molecule has 0 bridgehead atoms. The first-order valence-corrected chi connectivity index (χ1v) is 7.95. The molecule has 1 heterocycles. The average molecular weight is 292 g/mol. The van der Waals surface area contributed by atoms with Crippen molar-refractivity contribution < 1.29 is 8.42 Å². The molecule has 0 spiro atoms. The molecule has 0 N–H and O–H groups in total. The van der Waals surface area contributed by atoms with Crippen molar-refractivity contribution >= 4 is 21.6 Å². The van der Waals surface area contributed by atoms with E-state index < -0.39 is 10.0 Å². The van der Waals surface area contributed by atoms with Crippen molar-refractivity contribution in [3.8, 4) is 0 Å². The second kappa shape index (κ2) is 4.83. The summed E-state index contributed by atoms with van der Waals surface area (Å²) in [5.74, 6) is 0.417. The van der Waals surface area contributed by atoms with Gasteiger partial charge in [-0.05, 0) is 26.7 Å². The SMILES string of the molecule is Cc1nn(CCCl)c(C)c1S(=O)(=O)N(C)C1CC1. The quantitative estimate of drug-likeness (QED) is 0.773. The van der Waals surface area contributed by atoms with Gasteiger partial charge in [0.15, 0.2) is 0 Å². The molecule has 0 radical (unpaired) electrons. The van der Waals surface area contributed by atoms with E-state index >= 15 is 0 Å². The monoisotopic (exact) mass is 291 g/mol. The van der Waals surface area contributed by atoms with Crippen molar-refractivity contribution in [1.82, 2.24) is 14.1 Å². The fourth-order valence-corrected chi connectivity index (χ4v) is 4.07. The average Bonchev–Trinajstić information content (AvgIpc) is 3.07. The zero-order valence-corrected chi connectivity index (χ0v) is 12.4. The minimum absolute atomic E-state index is 0.158. The molecule has 0 unspecified atom stereocenters. The lowest BCUT2D eigenvalue weighted by Gasteiger charge is -2.16. The van der Waals surface area contributed by atoms with Gasteiger partial charge in [-0.15, -0.1) is 11.6 Å². The van der Waals surface area contributed by atoms with Crippen LogP contribution in [0.2, 0.25) is 0 Å². The number of sulfonamides is 1. The van der Waals surface area contributed by atoms with E-state index in [1.165, 1.54) is 4.31 Å². The predicted octanol–water partition coefficient (Wildman–Crippen LogP) is 1.52. The molecule has 1 aromatic heterocycles. The summed E-state index contributed by atoms with van der Waals surface area (Å²) in [5.41, 5.74) is 1.21. The highest BCUT2D eigenvalue weighted by atomic mass is 35.5. The molecular weight excluding hydrogens is 274 g/mol. The minimum Gasteiger partial charge on any atom is -0.267 e. The summed E-state index contributed by atoms with van der Waals surface area (Å²) in [5, 5.41) is 4.25. The highest BCUT2D eigenvalue weighted by Crippen LogP contribution is 2.32. The highest BCUT2D eigenvalue weighted by Gasteiger charge is 2.37. The molecule has 0 amide bonds. The van der Waals surface area contributed by atoms with Crippen molar-refractivity contribution in [3.05, 3.63) is 11.4 Å². The summed E-state index contributed by atoms with van der Waals surface area (Å²) in [4.78, 5) is 0.335. The molecule has 1 fully saturated rings. The van der Waals surface area contributed by atoms with Gasteiger partial charge in [0.05, 0.1) is 17.9 Å². The summed E-state index contributed by atoms with van der Waals surface area (Å²) in [7, 11) is -1.78. The second-order valence-corrected chi connectivity index (χ2v) is 6.98. The molecule has 0 saturated heterocycles. The van der Waals surface area contributed by atoms with Crippen LogP contribution in [0, 0.1) is 13.8 Å². The van der Waals surface area contributed by atoms with Crippen molar-refractivity contribution in [1.29, 1.82) is 0 Å². The molecule has 0 atom stereocenters. The van der Waals surface area contributed by atoms with E-state index in [-0.39, 0.29) is 6.04 Å². The van der Waals surface area contributed by atoms with Gasteiger partial charge in [-0.1, -0.05) is 0 Å². The Hall–Kier alpha value is -0.590. The van der Waals surface area contributed by atoms with Crippen molar-refractivity contribution in [3.63, 3.8) is 0 Å². The molecule has 0 aliphatic heterocycles. The molecule has 1 aliphatic carbocycles. The van der Waals surface area contributed by atoms with E-state index in [0.717, 1.165) is 12.8 Å². The van der Waals surface area contributed by atoms with Crippen LogP contribution in [0.25, 0.3) is 0 Å². The Bertz CT molecular complexity index is 549. The molecule has 18 heavy (non-hydrogen) atoms. The first kappa shape index (κ1) is 13.8. The third-order valence-electron chi connectivity index (χ3n) is 3.31. The smallest absolute Gasteiger partial charge is 0.246 e. The van der Waals surface area contributed by atoms with Crippen LogP contribution in [0.5, 0.6) is 0 Å². The maximum atomic E-state index is 12.5. The number of hydrogen-bond acceptors (Lipinski definition) is 3. The normalized spacial score (nSPS) is 16.5. The second-order valence-electron chi connectivity index (χ2n) is 4.66. The van der Waals surface area contributed by atoms with Crippen LogP contribution >= 0.6 is 11.6 Å². The van der Waals surface area contributed by atoms with E-state index in [9.17, 15) is 8.42 Å². The Morgan fingerprint density at radius 3 is 2.56 bits per heavy atom. The molecule has 2 rings (SSSR count). The van der Waals surface area contributed by atoms with Crippen molar-refractivity contribution in [2.24, 2.45) is 0 Å². The standard InChI is InChI=1S/C11H18ClN3O2S/c1-8-11(9(2)15(13-8)7-6-12)18(16,17)14(3)10-4-5-10/h10H,4-7H2,1-3H3. The number of aryl methyl sites for hydroxylation is 2. The number of halogens is 1. The number of alkyl halides is 1. The summed E-state index contributed by atoms with van der Waals surface area (Å²) in [6, 6.07) is 0.158. The van der Waals surface area contributed by atoms with Crippen LogP contribution in [-0.2, 0) is 16.6 Å². The molecule has 5 nitrogen and oxygen atoms in total. The zero-order valence-electron chi connectivity index (χ0n) is 10.9.